The molecule has 21 heavy (non-hydrogen) atoms. The van der Waals surface area contributed by atoms with E-state index in [1.807, 2.05) is 27.7 Å². The molecule has 1 aliphatic rings. The van der Waals surface area contributed by atoms with E-state index in [4.69, 9.17) is 9.84 Å². The van der Waals surface area contributed by atoms with Crippen molar-refractivity contribution < 1.29 is 19.4 Å². The van der Waals surface area contributed by atoms with Crippen molar-refractivity contribution in [1.82, 2.24) is 10.6 Å². The largest absolute Gasteiger partial charge is 0.395 e. The third kappa shape index (κ3) is 5.63. The molecule has 0 radical (unpaired) electrons. The maximum atomic E-state index is 12.3. The summed E-state index contributed by atoms with van der Waals surface area (Å²) >= 11 is 0. The zero-order valence-electron chi connectivity index (χ0n) is 13.4. The van der Waals surface area contributed by atoms with Gasteiger partial charge in [-0.25, -0.2) is 0 Å². The molecule has 1 fully saturated rings. The van der Waals surface area contributed by atoms with Crippen LogP contribution in [0.3, 0.4) is 0 Å². The van der Waals surface area contributed by atoms with E-state index in [1.54, 1.807) is 0 Å². The topological polar surface area (TPSA) is 87.7 Å². The van der Waals surface area contributed by atoms with Crippen molar-refractivity contribution in [3.8, 4) is 0 Å². The monoisotopic (exact) mass is 300 g/mol. The minimum absolute atomic E-state index is 0.0718. The molecule has 6 nitrogen and oxygen atoms in total. The lowest BCUT2D eigenvalue weighted by Crippen LogP contribution is -2.51. The van der Waals surface area contributed by atoms with E-state index in [0.717, 1.165) is 6.42 Å². The van der Waals surface area contributed by atoms with E-state index in [-0.39, 0.29) is 42.9 Å². The number of nitrogens with one attached hydrogen (secondary N) is 2. The summed E-state index contributed by atoms with van der Waals surface area (Å²) in [7, 11) is 0. The van der Waals surface area contributed by atoms with Crippen LogP contribution in [0.25, 0.3) is 0 Å². The molecule has 0 aromatic carbocycles. The Kier molecular flexibility index (Phi) is 7.11. The van der Waals surface area contributed by atoms with Crippen molar-refractivity contribution in [3.63, 3.8) is 0 Å². The fourth-order valence-electron chi connectivity index (χ4n) is 2.67. The van der Waals surface area contributed by atoms with Crippen LogP contribution in [0.1, 0.15) is 40.5 Å². The van der Waals surface area contributed by atoms with Crippen molar-refractivity contribution in [2.75, 3.05) is 13.2 Å². The van der Waals surface area contributed by atoms with Crippen molar-refractivity contribution in [2.45, 2.75) is 58.8 Å². The molecule has 6 heteroatoms. The van der Waals surface area contributed by atoms with Crippen molar-refractivity contribution in [1.29, 1.82) is 0 Å². The molecule has 0 unspecified atom stereocenters. The van der Waals surface area contributed by atoms with Crippen molar-refractivity contribution >= 4 is 11.8 Å². The van der Waals surface area contributed by atoms with Gasteiger partial charge in [0.25, 0.3) is 0 Å². The maximum Gasteiger partial charge on any atom is 0.250 e. The van der Waals surface area contributed by atoms with Gasteiger partial charge in [0.1, 0.15) is 12.1 Å². The van der Waals surface area contributed by atoms with Crippen LogP contribution in [-0.2, 0) is 14.3 Å². The normalized spacial score (nSPS) is 26.7. The van der Waals surface area contributed by atoms with E-state index in [9.17, 15) is 9.59 Å². The Balaban J connectivity index is 2.62. The van der Waals surface area contributed by atoms with Crippen LogP contribution in [0.4, 0.5) is 0 Å². The lowest BCUT2D eigenvalue weighted by molar-refractivity contribution is -0.137. The summed E-state index contributed by atoms with van der Waals surface area (Å²) in [5.74, 6) is -0.0577. The van der Waals surface area contributed by atoms with Crippen LogP contribution in [0.5, 0.6) is 0 Å². The van der Waals surface area contributed by atoms with E-state index < -0.39 is 12.1 Å². The third-order valence-electron chi connectivity index (χ3n) is 3.61. The highest BCUT2D eigenvalue weighted by Gasteiger charge is 2.36. The highest BCUT2D eigenvalue weighted by molar-refractivity contribution is 5.89. The van der Waals surface area contributed by atoms with Crippen LogP contribution in [0, 0.1) is 11.8 Å². The average molecular weight is 300 g/mol. The average Bonchev–Trinajstić information content (AvgIpc) is 2.73. The summed E-state index contributed by atoms with van der Waals surface area (Å²) in [6.45, 7) is 8.00. The van der Waals surface area contributed by atoms with E-state index in [0.29, 0.717) is 6.42 Å². The van der Waals surface area contributed by atoms with Gasteiger partial charge in [0.05, 0.1) is 12.7 Å². The van der Waals surface area contributed by atoms with Crippen LogP contribution >= 0.6 is 0 Å². The molecule has 2 amide bonds. The quantitative estimate of drug-likeness (QED) is 0.636. The van der Waals surface area contributed by atoms with Crippen LogP contribution in [-0.4, -0.2) is 48.3 Å². The standard InChI is InChI=1S/C15H28N2O4/c1-9(2)7-12(14(19)16-5-6-18)17-15(20)13-10(3)8-11(4)21-13/h9-13,18H,5-8H2,1-4H3,(H,16,19)(H,17,20)/t10-,11-,12-,13+/m0/s1. The number of ether oxygens (including phenoxy) is 1. The van der Waals surface area contributed by atoms with Gasteiger partial charge in [-0.2, -0.15) is 0 Å². The van der Waals surface area contributed by atoms with Gasteiger partial charge in [-0.1, -0.05) is 20.8 Å². The van der Waals surface area contributed by atoms with Gasteiger partial charge in [0, 0.05) is 6.54 Å². The first kappa shape index (κ1) is 17.9. The van der Waals surface area contributed by atoms with Gasteiger partial charge in [-0.05, 0) is 31.6 Å². The molecule has 0 aliphatic carbocycles. The summed E-state index contributed by atoms with van der Waals surface area (Å²) in [6.07, 6.45) is 0.992. The number of amides is 2. The first-order valence-corrected chi connectivity index (χ1v) is 7.69. The van der Waals surface area contributed by atoms with Gasteiger partial charge < -0.3 is 20.5 Å². The minimum Gasteiger partial charge on any atom is -0.395 e. The van der Waals surface area contributed by atoms with E-state index in [1.165, 1.54) is 0 Å². The zero-order valence-corrected chi connectivity index (χ0v) is 13.4. The fourth-order valence-corrected chi connectivity index (χ4v) is 2.67. The second-order valence-corrected chi connectivity index (χ2v) is 6.29. The van der Waals surface area contributed by atoms with Gasteiger partial charge in [-0.3, -0.25) is 9.59 Å². The predicted molar refractivity (Wildman–Crippen MR) is 79.6 cm³/mol. The molecule has 0 aromatic rings. The Hall–Kier alpha value is -1.14. The van der Waals surface area contributed by atoms with Crippen LogP contribution in [0.2, 0.25) is 0 Å². The lowest BCUT2D eigenvalue weighted by Gasteiger charge is -2.23. The van der Waals surface area contributed by atoms with Crippen LogP contribution < -0.4 is 10.6 Å². The summed E-state index contributed by atoms with van der Waals surface area (Å²) < 4.78 is 5.62. The van der Waals surface area contributed by atoms with Gasteiger partial charge in [0.15, 0.2) is 0 Å². The second kappa shape index (κ2) is 8.34. The smallest absolute Gasteiger partial charge is 0.250 e. The number of aliphatic hydroxyl groups is 1. The Morgan fingerprint density at radius 2 is 2.00 bits per heavy atom. The first-order chi connectivity index (χ1) is 9.85. The predicted octanol–water partition coefficient (Wildman–Crippen LogP) is 0.439. The number of carbonyl (C=O) groups excluding carboxylic acids is 2. The van der Waals surface area contributed by atoms with E-state index in [2.05, 4.69) is 10.6 Å². The van der Waals surface area contributed by atoms with Gasteiger partial charge in [-0.15, -0.1) is 0 Å². The molecular weight excluding hydrogens is 272 g/mol. The molecule has 3 N–H and O–H groups in total. The number of hydrogen-bond donors (Lipinski definition) is 3. The fraction of sp³-hybridized carbons (Fsp3) is 0.867. The first-order valence-electron chi connectivity index (χ1n) is 7.69. The Morgan fingerprint density at radius 1 is 1.33 bits per heavy atom. The molecule has 0 saturated carbocycles. The molecular formula is C15H28N2O4. The highest BCUT2D eigenvalue weighted by atomic mass is 16.5. The summed E-state index contributed by atoms with van der Waals surface area (Å²) in [5, 5.41) is 14.2. The maximum absolute atomic E-state index is 12.3. The molecule has 122 valence electrons. The number of aliphatic hydroxyl groups excluding tert-OH is 1. The van der Waals surface area contributed by atoms with E-state index >= 15 is 0 Å². The Labute approximate surface area is 126 Å². The van der Waals surface area contributed by atoms with Gasteiger partial charge >= 0.3 is 0 Å². The number of rotatable bonds is 7. The Morgan fingerprint density at radius 3 is 2.48 bits per heavy atom. The molecule has 1 saturated heterocycles. The lowest BCUT2D eigenvalue weighted by atomic mass is 9.99. The summed E-state index contributed by atoms with van der Waals surface area (Å²) in [4.78, 5) is 24.4. The molecule has 0 spiro atoms. The molecule has 1 aliphatic heterocycles. The SMILES string of the molecule is CC(C)C[C@H](NC(=O)[C@@H]1O[C@@H](C)C[C@@H]1C)C(=O)NCCO. The molecule has 1 rings (SSSR count). The second-order valence-electron chi connectivity index (χ2n) is 6.29. The summed E-state index contributed by atoms with van der Waals surface area (Å²) in [6, 6.07) is -0.587. The number of hydrogen-bond acceptors (Lipinski definition) is 4. The third-order valence-corrected chi connectivity index (χ3v) is 3.61. The Bertz CT molecular complexity index is 360. The molecule has 0 aromatic heterocycles. The van der Waals surface area contributed by atoms with Crippen LogP contribution in [0.15, 0.2) is 0 Å². The minimum atomic E-state index is -0.587. The summed E-state index contributed by atoms with van der Waals surface area (Å²) in [5.41, 5.74) is 0. The zero-order chi connectivity index (χ0) is 16.0. The number of carbonyl (C=O) groups is 2. The molecule has 4 atom stereocenters. The molecule has 0 bridgehead atoms. The highest BCUT2D eigenvalue weighted by Crippen LogP contribution is 2.26. The van der Waals surface area contributed by atoms with Gasteiger partial charge in [0.2, 0.25) is 11.8 Å². The van der Waals surface area contributed by atoms with Crippen molar-refractivity contribution in [2.24, 2.45) is 11.8 Å². The molecule has 1 heterocycles. The van der Waals surface area contributed by atoms with Crippen molar-refractivity contribution in [3.05, 3.63) is 0 Å².